The molecule has 1 aromatic carbocycles. The second-order valence-electron chi connectivity index (χ2n) is 5.19. The molecule has 0 saturated carbocycles. The van der Waals surface area contributed by atoms with Crippen molar-refractivity contribution in [1.82, 2.24) is 0 Å². The van der Waals surface area contributed by atoms with Gasteiger partial charge in [0.25, 0.3) is 5.69 Å². The number of carbonyl (C=O) groups is 2. The zero-order valence-electron chi connectivity index (χ0n) is 12.4. The van der Waals surface area contributed by atoms with Crippen LogP contribution in [0, 0.1) is 10.1 Å². The largest absolute Gasteiger partial charge is 0.306 e. The molecule has 112 valence electrons. The minimum Gasteiger partial charge on any atom is -0.306 e. The maximum absolute atomic E-state index is 11.9. The molecule has 2 atom stereocenters. The quantitative estimate of drug-likeness (QED) is 0.586. The molecule has 0 radical (unpaired) electrons. The summed E-state index contributed by atoms with van der Waals surface area (Å²) in [7, 11) is 0. The van der Waals surface area contributed by atoms with Crippen LogP contribution in [0.1, 0.15) is 27.7 Å². The number of carbonyl (C=O) groups excluding carboxylic acids is 2. The van der Waals surface area contributed by atoms with Crippen LogP contribution in [0.4, 0.5) is 17.1 Å². The van der Waals surface area contributed by atoms with E-state index in [-0.39, 0.29) is 29.6 Å². The van der Waals surface area contributed by atoms with Crippen molar-refractivity contribution in [3.05, 3.63) is 28.3 Å². The third kappa shape index (κ3) is 2.35. The zero-order valence-corrected chi connectivity index (χ0v) is 12.4. The van der Waals surface area contributed by atoms with Gasteiger partial charge in [0.15, 0.2) is 0 Å². The molecular formula is C14H17N3O4. The number of hydrogen-bond donors (Lipinski definition) is 0. The van der Waals surface area contributed by atoms with Gasteiger partial charge < -0.3 is 9.80 Å². The summed E-state index contributed by atoms with van der Waals surface area (Å²) in [6.45, 7) is 6.53. The monoisotopic (exact) mass is 291 g/mol. The van der Waals surface area contributed by atoms with Crippen LogP contribution in [0.15, 0.2) is 18.2 Å². The number of non-ortho nitro benzene ring substituents is 1. The van der Waals surface area contributed by atoms with E-state index in [0.717, 1.165) is 0 Å². The normalized spacial score (nSPS) is 21.0. The highest BCUT2D eigenvalue weighted by Crippen LogP contribution is 2.40. The van der Waals surface area contributed by atoms with E-state index in [4.69, 9.17) is 0 Å². The SMILES string of the molecule is CC(=O)N1c2cc([N+](=O)[O-])ccc2N(C(C)=O)[C@@H](C)[C@H]1C. The Bertz CT molecular complexity index is 629. The third-order valence-electron chi connectivity index (χ3n) is 3.88. The molecule has 0 unspecified atom stereocenters. The van der Waals surface area contributed by atoms with E-state index in [9.17, 15) is 19.7 Å². The second kappa shape index (κ2) is 5.16. The fourth-order valence-corrected chi connectivity index (χ4v) is 2.81. The molecule has 0 N–H and O–H groups in total. The van der Waals surface area contributed by atoms with E-state index < -0.39 is 4.92 Å². The first-order valence-electron chi connectivity index (χ1n) is 6.63. The van der Waals surface area contributed by atoms with E-state index in [2.05, 4.69) is 0 Å². The summed E-state index contributed by atoms with van der Waals surface area (Å²) in [6, 6.07) is 3.74. The van der Waals surface area contributed by atoms with E-state index in [1.54, 1.807) is 4.90 Å². The molecular weight excluding hydrogens is 274 g/mol. The van der Waals surface area contributed by atoms with Gasteiger partial charge >= 0.3 is 0 Å². The summed E-state index contributed by atoms with van der Waals surface area (Å²) >= 11 is 0. The standard InChI is InChI=1S/C14H17N3O4/c1-8-9(2)16(11(4)19)14-7-12(17(20)21)5-6-13(14)15(8)10(3)18/h5-9H,1-4H3/t8-,9+/m0/s1. The molecule has 1 aliphatic rings. The highest BCUT2D eigenvalue weighted by molar-refractivity contribution is 6.04. The molecule has 2 amide bonds. The molecule has 1 heterocycles. The van der Waals surface area contributed by atoms with E-state index in [1.165, 1.54) is 36.9 Å². The van der Waals surface area contributed by atoms with Crippen LogP contribution >= 0.6 is 0 Å². The lowest BCUT2D eigenvalue weighted by molar-refractivity contribution is -0.384. The van der Waals surface area contributed by atoms with Gasteiger partial charge in [-0.1, -0.05) is 0 Å². The van der Waals surface area contributed by atoms with Crippen molar-refractivity contribution in [3.63, 3.8) is 0 Å². The summed E-state index contributed by atoms with van der Waals surface area (Å²) in [5, 5.41) is 10.9. The summed E-state index contributed by atoms with van der Waals surface area (Å²) < 4.78 is 0. The average Bonchev–Trinajstić information content (AvgIpc) is 2.38. The molecule has 7 heteroatoms. The second-order valence-corrected chi connectivity index (χ2v) is 5.19. The molecule has 0 fully saturated rings. The Morgan fingerprint density at radius 1 is 1.05 bits per heavy atom. The number of hydrogen-bond acceptors (Lipinski definition) is 4. The molecule has 1 aromatic rings. The minimum absolute atomic E-state index is 0.106. The van der Waals surface area contributed by atoms with Gasteiger partial charge in [0.05, 0.1) is 28.4 Å². The summed E-state index contributed by atoms with van der Waals surface area (Å²) in [4.78, 5) is 37.3. The Balaban J connectivity index is 2.70. The van der Waals surface area contributed by atoms with Crippen molar-refractivity contribution in [3.8, 4) is 0 Å². The highest BCUT2D eigenvalue weighted by Gasteiger charge is 2.38. The Kier molecular flexibility index (Phi) is 3.67. The van der Waals surface area contributed by atoms with E-state index >= 15 is 0 Å². The molecule has 0 spiro atoms. The summed E-state index contributed by atoms with van der Waals surface area (Å²) in [5.74, 6) is -0.369. The van der Waals surface area contributed by atoms with Gasteiger partial charge in [-0.2, -0.15) is 0 Å². The lowest BCUT2D eigenvalue weighted by Crippen LogP contribution is -2.56. The Labute approximate surface area is 122 Å². The fourth-order valence-electron chi connectivity index (χ4n) is 2.81. The van der Waals surface area contributed by atoms with Crippen LogP contribution < -0.4 is 9.80 Å². The maximum Gasteiger partial charge on any atom is 0.271 e. The minimum atomic E-state index is -0.514. The lowest BCUT2D eigenvalue weighted by Gasteiger charge is -2.45. The van der Waals surface area contributed by atoms with Crippen LogP contribution in [0.5, 0.6) is 0 Å². The topological polar surface area (TPSA) is 83.8 Å². The zero-order chi connectivity index (χ0) is 15.9. The molecule has 1 aliphatic heterocycles. The highest BCUT2D eigenvalue weighted by atomic mass is 16.6. The smallest absolute Gasteiger partial charge is 0.271 e. The number of fused-ring (bicyclic) bond motifs is 1. The van der Waals surface area contributed by atoms with E-state index in [1.807, 2.05) is 13.8 Å². The molecule has 0 aromatic heterocycles. The van der Waals surface area contributed by atoms with Gasteiger partial charge in [0, 0.05) is 26.0 Å². The number of amides is 2. The number of nitro groups is 1. The average molecular weight is 291 g/mol. The fraction of sp³-hybridized carbons (Fsp3) is 0.429. The van der Waals surface area contributed by atoms with Crippen molar-refractivity contribution in [2.24, 2.45) is 0 Å². The van der Waals surface area contributed by atoms with Crippen LogP contribution in [0.2, 0.25) is 0 Å². The number of nitro benzene ring substituents is 1. The Morgan fingerprint density at radius 2 is 1.52 bits per heavy atom. The van der Waals surface area contributed by atoms with Crippen molar-refractivity contribution >= 4 is 28.9 Å². The molecule has 2 rings (SSSR count). The maximum atomic E-state index is 11.9. The van der Waals surface area contributed by atoms with E-state index in [0.29, 0.717) is 11.4 Å². The molecule has 0 aliphatic carbocycles. The molecule has 0 bridgehead atoms. The number of anilines is 2. The first-order chi connectivity index (χ1) is 9.75. The number of rotatable bonds is 1. The number of nitrogens with zero attached hydrogens (tertiary/aromatic N) is 3. The van der Waals surface area contributed by atoms with Crippen LogP contribution in [0.25, 0.3) is 0 Å². The van der Waals surface area contributed by atoms with Gasteiger partial charge in [0.2, 0.25) is 11.8 Å². The van der Waals surface area contributed by atoms with Crippen molar-refractivity contribution in [2.75, 3.05) is 9.80 Å². The third-order valence-corrected chi connectivity index (χ3v) is 3.88. The van der Waals surface area contributed by atoms with Crippen LogP contribution in [-0.4, -0.2) is 28.8 Å². The first-order valence-corrected chi connectivity index (χ1v) is 6.63. The van der Waals surface area contributed by atoms with Gasteiger partial charge in [-0.25, -0.2) is 0 Å². The molecule has 7 nitrogen and oxygen atoms in total. The number of benzene rings is 1. The van der Waals surface area contributed by atoms with Crippen LogP contribution in [-0.2, 0) is 9.59 Å². The lowest BCUT2D eigenvalue weighted by atomic mass is 10.00. The summed E-state index contributed by atoms with van der Waals surface area (Å²) in [5.41, 5.74) is 0.816. The first kappa shape index (κ1) is 15.0. The van der Waals surface area contributed by atoms with Crippen molar-refractivity contribution in [2.45, 2.75) is 39.8 Å². The van der Waals surface area contributed by atoms with Gasteiger partial charge in [0.1, 0.15) is 0 Å². The Morgan fingerprint density at radius 3 is 1.95 bits per heavy atom. The predicted octanol–water partition coefficient (Wildman–Crippen LogP) is 2.09. The predicted molar refractivity (Wildman–Crippen MR) is 78.3 cm³/mol. The summed E-state index contributed by atoms with van der Waals surface area (Å²) in [6.07, 6.45) is 0. The van der Waals surface area contributed by atoms with Gasteiger partial charge in [-0.3, -0.25) is 19.7 Å². The molecule has 0 saturated heterocycles. The van der Waals surface area contributed by atoms with Gasteiger partial charge in [-0.05, 0) is 19.9 Å². The Hall–Kier alpha value is -2.44. The molecule has 21 heavy (non-hydrogen) atoms. The van der Waals surface area contributed by atoms with Gasteiger partial charge in [-0.15, -0.1) is 0 Å². The van der Waals surface area contributed by atoms with Crippen molar-refractivity contribution < 1.29 is 14.5 Å². The van der Waals surface area contributed by atoms with Crippen LogP contribution in [0.3, 0.4) is 0 Å². The van der Waals surface area contributed by atoms with Crippen molar-refractivity contribution in [1.29, 1.82) is 0 Å².